The Morgan fingerprint density at radius 1 is 1.12 bits per heavy atom. The molecule has 0 aromatic heterocycles. The van der Waals surface area contributed by atoms with Gasteiger partial charge in [-0.3, -0.25) is 9.69 Å². The minimum Gasteiger partial charge on any atom is -0.478 e. The molecule has 1 N–H and O–H groups in total. The number of amides is 1. The molecule has 0 spiro atoms. The van der Waals surface area contributed by atoms with Crippen LogP contribution in [0.5, 0.6) is 0 Å². The van der Waals surface area contributed by atoms with E-state index in [0.29, 0.717) is 14.9 Å². The zero-order valence-electron chi connectivity index (χ0n) is 12.1. The molecule has 2 aromatic rings. The molecule has 0 aliphatic carbocycles. The quantitative estimate of drug-likeness (QED) is 0.583. The van der Waals surface area contributed by atoms with Crippen molar-refractivity contribution in [1.82, 2.24) is 0 Å². The lowest BCUT2D eigenvalue weighted by molar-refractivity contribution is -0.113. The zero-order valence-corrected chi connectivity index (χ0v) is 15.3. The number of carboxylic acids is 1. The molecule has 0 atom stereocenters. The standard InChI is InChI=1S/C17H10BrNO3S2/c18-12-5-1-10(2-6-12)9-14-15(20)19(17(23)24-14)13-7-3-11(4-8-13)16(21)22/h1-9H,(H,21,22)/b14-9-. The molecular formula is C17H10BrNO3S2. The Morgan fingerprint density at radius 2 is 1.75 bits per heavy atom. The van der Waals surface area contributed by atoms with E-state index in [1.54, 1.807) is 18.2 Å². The average Bonchev–Trinajstić information content (AvgIpc) is 2.83. The number of nitrogens with zero attached hydrogens (tertiary/aromatic N) is 1. The Hall–Kier alpha value is -1.96. The first-order chi connectivity index (χ1) is 11.5. The van der Waals surface area contributed by atoms with Crippen LogP contribution in [-0.4, -0.2) is 21.3 Å². The van der Waals surface area contributed by atoms with E-state index in [9.17, 15) is 9.59 Å². The highest BCUT2D eigenvalue weighted by Gasteiger charge is 2.33. The lowest BCUT2D eigenvalue weighted by atomic mass is 10.2. The molecule has 1 amide bonds. The number of thiocarbonyl (C=S) groups is 1. The second-order valence-corrected chi connectivity index (χ2v) is 7.51. The number of carbonyl (C=O) groups is 2. The molecule has 1 aliphatic rings. The molecule has 1 fully saturated rings. The molecule has 7 heteroatoms. The van der Waals surface area contributed by atoms with Crippen molar-refractivity contribution in [3.63, 3.8) is 0 Å². The average molecular weight is 420 g/mol. The van der Waals surface area contributed by atoms with Gasteiger partial charge in [0.25, 0.3) is 5.91 Å². The fourth-order valence-corrected chi connectivity index (χ4v) is 3.72. The van der Waals surface area contributed by atoms with Crippen LogP contribution < -0.4 is 4.90 Å². The number of halogens is 1. The van der Waals surface area contributed by atoms with Gasteiger partial charge in [-0.2, -0.15) is 0 Å². The molecular weight excluding hydrogens is 410 g/mol. The summed E-state index contributed by atoms with van der Waals surface area (Å²) in [5.41, 5.74) is 1.62. The predicted molar refractivity (Wildman–Crippen MR) is 103 cm³/mol. The number of carboxylic acid groups (broad SMARTS) is 1. The summed E-state index contributed by atoms with van der Waals surface area (Å²) in [7, 11) is 0. The monoisotopic (exact) mass is 419 g/mol. The van der Waals surface area contributed by atoms with Gasteiger partial charge in [0.15, 0.2) is 4.32 Å². The SMILES string of the molecule is O=C(O)c1ccc(N2C(=O)/C(=C/c3ccc(Br)cc3)SC2=S)cc1. The number of rotatable bonds is 3. The molecule has 0 bridgehead atoms. The van der Waals surface area contributed by atoms with Gasteiger partial charge < -0.3 is 5.11 Å². The van der Waals surface area contributed by atoms with Crippen molar-refractivity contribution in [3.8, 4) is 0 Å². The maximum atomic E-state index is 12.6. The topological polar surface area (TPSA) is 57.6 Å². The van der Waals surface area contributed by atoms with E-state index in [-0.39, 0.29) is 11.5 Å². The Morgan fingerprint density at radius 3 is 2.33 bits per heavy atom. The third-order valence-electron chi connectivity index (χ3n) is 3.33. The van der Waals surface area contributed by atoms with Crippen LogP contribution >= 0.6 is 39.9 Å². The second kappa shape index (κ2) is 6.88. The minimum atomic E-state index is -1.01. The predicted octanol–water partition coefficient (Wildman–Crippen LogP) is 4.55. The summed E-state index contributed by atoms with van der Waals surface area (Å²) in [6.45, 7) is 0. The molecule has 24 heavy (non-hydrogen) atoms. The lowest BCUT2D eigenvalue weighted by Gasteiger charge is -2.14. The van der Waals surface area contributed by atoms with Crippen LogP contribution in [0.4, 0.5) is 5.69 Å². The van der Waals surface area contributed by atoms with Crippen molar-refractivity contribution in [2.24, 2.45) is 0 Å². The maximum Gasteiger partial charge on any atom is 0.335 e. The van der Waals surface area contributed by atoms with E-state index in [0.717, 1.165) is 10.0 Å². The van der Waals surface area contributed by atoms with Crippen molar-refractivity contribution in [2.75, 3.05) is 4.90 Å². The fourth-order valence-electron chi connectivity index (χ4n) is 2.15. The van der Waals surface area contributed by atoms with Crippen LogP contribution in [0.2, 0.25) is 0 Å². The highest BCUT2D eigenvalue weighted by molar-refractivity contribution is 9.10. The Bertz CT molecular complexity index is 860. The van der Waals surface area contributed by atoms with Crippen LogP contribution in [0.1, 0.15) is 15.9 Å². The number of benzene rings is 2. The van der Waals surface area contributed by atoms with E-state index in [1.807, 2.05) is 24.3 Å². The molecule has 120 valence electrons. The van der Waals surface area contributed by atoms with Gasteiger partial charge in [0, 0.05) is 4.47 Å². The number of aromatic carboxylic acids is 1. The summed E-state index contributed by atoms with van der Waals surface area (Å²) < 4.78 is 1.39. The van der Waals surface area contributed by atoms with E-state index in [2.05, 4.69) is 15.9 Å². The molecule has 1 aliphatic heterocycles. The van der Waals surface area contributed by atoms with Gasteiger partial charge in [0.2, 0.25) is 0 Å². The summed E-state index contributed by atoms with van der Waals surface area (Å²) in [4.78, 5) is 25.5. The van der Waals surface area contributed by atoms with E-state index < -0.39 is 5.97 Å². The van der Waals surface area contributed by atoms with Crippen LogP contribution in [0.15, 0.2) is 57.9 Å². The fraction of sp³-hybridized carbons (Fsp3) is 0. The second-order valence-electron chi connectivity index (χ2n) is 4.92. The normalized spacial score (nSPS) is 16.0. The summed E-state index contributed by atoms with van der Waals surface area (Å²) >= 11 is 9.90. The van der Waals surface area contributed by atoms with Crippen molar-refractivity contribution < 1.29 is 14.7 Å². The van der Waals surface area contributed by atoms with Crippen molar-refractivity contribution in [3.05, 3.63) is 69.0 Å². The maximum absolute atomic E-state index is 12.6. The van der Waals surface area contributed by atoms with Gasteiger partial charge in [0.05, 0.1) is 16.2 Å². The van der Waals surface area contributed by atoms with E-state index in [4.69, 9.17) is 17.3 Å². The van der Waals surface area contributed by atoms with Crippen molar-refractivity contribution in [1.29, 1.82) is 0 Å². The van der Waals surface area contributed by atoms with Crippen LogP contribution in [0.25, 0.3) is 6.08 Å². The molecule has 2 aromatic carbocycles. The first-order valence-corrected chi connectivity index (χ1v) is 8.84. The van der Waals surface area contributed by atoms with Gasteiger partial charge in [-0.15, -0.1) is 0 Å². The van der Waals surface area contributed by atoms with Crippen molar-refractivity contribution >= 4 is 67.9 Å². The van der Waals surface area contributed by atoms with E-state index in [1.165, 1.54) is 28.8 Å². The molecule has 0 saturated carbocycles. The lowest BCUT2D eigenvalue weighted by Crippen LogP contribution is -2.27. The van der Waals surface area contributed by atoms with E-state index >= 15 is 0 Å². The van der Waals surface area contributed by atoms with Gasteiger partial charge in [-0.1, -0.05) is 52.0 Å². The van der Waals surface area contributed by atoms with Gasteiger partial charge in [-0.25, -0.2) is 4.79 Å². The zero-order chi connectivity index (χ0) is 17.3. The van der Waals surface area contributed by atoms with Crippen LogP contribution in [0.3, 0.4) is 0 Å². The highest BCUT2D eigenvalue weighted by Crippen LogP contribution is 2.36. The summed E-state index contributed by atoms with van der Waals surface area (Å²) in [5.74, 6) is -1.22. The number of carbonyl (C=O) groups excluding carboxylic acids is 1. The Balaban J connectivity index is 1.88. The molecule has 0 radical (unpaired) electrons. The summed E-state index contributed by atoms with van der Waals surface area (Å²) in [5, 5.41) is 8.95. The third-order valence-corrected chi connectivity index (χ3v) is 5.16. The van der Waals surface area contributed by atoms with Crippen LogP contribution in [-0.2, 0) is 4.79 Å². The largest absolute Gasteiger partial charge is 0.478 e. The summed E-state index contributed by atoms with van der Waals surface area (Å²) in [6, 6.07) is 13.7. The van der Waals surface area contributed by atoms with Gasteiger partial charge in [-0.05, 0) is 48.0 Å². The first-order valence-electron chi connectivity index (χ1n) is 6.82. The Labute approximate surface area is 156 Å². The van der Waals surface area contributed by atoms with Gasteiger partial charge >= 0.3 is 5.97 Å². The number of hydrogen-bond donors (Lipinski definition) is 1. The Kier molecular flexibility index (Phi) is 4.84. The smallest absolute Gasteiger partial charge is 0.335 e. The third kappa shape index (κ3) is 3.43. The van der Waals surface area contributed by atoms with Crippen LogP contribution in [0, 0.1) is 0 Å². The molecule has 4 nitrogen and oxygen atoms in total. The molecule has 1 saturated heterocycles. The number of hydrogen-bond acceptors (Lipinski definition) is 4. The summed E-state index contributed by atoms with van der Waals surface area (Å²) in [6.07, 6.45) is 1.79. The van der Waals surface area contributed by atoms with Crippen molar-refractivity contribution in [2.45, 2.75) is 0 Å². The number of thioether (sulfide) groups is 1. The van der Waals surface area contributed by atoms with Gasteiger partial charge in [0.1, 0.15) is 0 Å². The number of anilines is 1. The highest BCUT2D eigenvalue weighted by atomic mass is 79.9. The molecule has 0 unspecified atom stereocenters. The molecule has 3 rings (SSSR count). The minimum absolute atomic E-state index is 0.162. The first kappa shape index (κ1) is 16.9. The molecule has 1 heterocycles.